The maximum atomic E-state index is 11.5. The minimum Gasteiger partial charge on any atom is -0.374 e. The van der Waals surface area contributed by atoms with Crippen LogP contribution in [0.4, 0.5) is 5.69 Å². The number of carbonyl (C=O) groups excluding carboxylic acids is 1. The number of para-hydroxylation sites is 1. The number of aldehydes is 1. The number of benzene rings is 1. The molecule has 1 aliphatic carbocycles. The summed E-state index contributed by atoms with van der Waals surface area (Å²) in [6.07, 6.45) is 5.64. The first-order valence-corrected chi connectivity index (χ1v) is 6.88. The molecule has 0 amide bonds. The van der Waals surface area contributed by atoms with E-state index in [0.29, 0.717) is 0 Å². The van der Waals surface area contributed by atoms with E-state index in [2.05, 4.69) is 31.0 Å². The molecule has 0 aliphatic heterocycles. The lowest BCUT2D eigenvalue weighted by Crippen LogP contribution is -2.39. The van der Waals surface area contributed by atoms with Crippen LogP contribution in [0, 0.1) is 11.3 Å². The fraction of sp³-hybridized carbons (Fsp3) is 0.562. The van der Waals surface area contributed by atoms with E-state index < -0.39 is 0 Å². The lowest BCUT2D eigenvalue weighted by Gasteiger charge is -2.38. The van der Waals surface area contributed by atoms with Crippen LogP contribution in [-0.2, 0) is 4.79 Å². The van der Waals surface area contributed by atoms with Crippen molar-refractivity contribution in [2.45, 2.75) is 32.6 Å². The second-order valence-electron chi connectivity index (χ2n) is 5.85. The molecule has 0 bridgehead atoms. The average molecular weight is 245 g/mol. The van der Waals surface area contributed by atoms with Crippen LogP contribution in [0.15, 0.2) is 30.3 Å². The summed E-state index contributed by atoms with van der Waals surface area (Å²) in [4.78, 5) is 13.7. The first-order valence-electron chi connectivity index (χ1n) is 6.88. The maximum Gasteiger partial charge on any atom is 0.127 e. The van der Waals surface area contributed by atoms with Crippen LogP contribution in [0.5, 0.6) is 0 Å². The average Bonchev–Trinajstić information content (AvgIpc) is 2.43. The van der Waals surface area contributed by atoms with Gasteiger partial charge in [-0.3, -0.25) is 0 Å². The van der Waals surface area contributed by atoms with E-state index in [1.54, 1.807) is 0 Å². The van der Waals surface area contributed by atoms with Gasteiger partial charge in [-0.1, -0.05) is 25.1 Å². The summed E-state index contributed by atoms with van der Waals surface area (Å²) in [6.45, 7) is 3.13. The predicted octanol–water partition coefficient (Wildman–Crippen LogP) is 3.52. The van der Waals surface area contributed by atoms with Crippen LogP contribution in [0.1, 0.15) is 32.6 Å². The summed E-state index contributed by atoms with van der Waals surface area (Å²) < 4.78 is 0. The zero-order chi connectivity index (χ0) is 13.0. The Morgan fingerprint density at radius 1 is 1.28 bits per heavy atom. The summed E-state index contributed by atoms with van der Waals surface area (Å²) in [6, 6.07) is 10.3. The number of anilines is 1. The van der Waals surface area contributed by atoms with Gasteiger partial charge in [0.25, 0.3) is 0 Å². The van der Waals surface area contributed by atoms with E-state index in [0.717, 1.165) is 25.3 Å². The molecule has 18 heavy (non-hydrogen) atoms. The van der Waals surface area contributed by atoms with Crippen molar-refractivity contribution in [3.8, 4) is 0 Å². The Morgan fingerprint density at radius 2 is 1.89 bits per heavy atom. The van der Waals surface area contributed by atoms with Crippen molar-refractivity contribution in [2.24, 2.45) is 11.3 Å². The Morgan fingerprint density at radius 3 is 2.44 bits per heavy atom. The topological polar surface area (TPSA) is 20.3 Å². The molecule has 2 rings (SSSR count). The van der Waals surface area contributed by atoms with Crippen molar-refractivity contribution in [2.75, 3.05) is 18.5 Å². The van der Waals surface area contributed by atoms with Crippen LogP contribution >= 0.6 is 0 Å². The molecule has 0 spiro atoms. The van der Waals surface area contributed by atoms with E-state index in [1.165, 1.54) is 24.8 Å². The molecule has 1 aliphatic rings. The molecule has 0 N–H and O–H groups in total. The molecule has 2 heteroatoms. The molecule has 0 saturated heterocycles. The number of nitrogens with zero attached hydrogens (tertiary/aromatic N) is 1. The Balaban J connectivity index is 2.04. The van der Waals surface area contributed by atoms with Gasteiger partial charge in [-0.05, 0) is 43.7 Å². The van der Waals surface area contributed by atoms with E-state index in [1.807, 2.05) is 18.2 Å². The van der Waals surface area contributed by atoms with Crippen molar-refractivity contribution in [3.05, 3.63) is 30.3 Å². The molecule has 1 aromatic rings. The highest BCUT2D eigenvalue weighted by atomic mass is 16.1. The van der Waals surface area contributed by atoms with Gasteiger partial charge in [0.1, 0.15) is 6.29 Å². The van der Waals surface area contributed by atoms with Crippen molar-refractivity contribution in [1.82, 2.24) is 0 Å². The van der Waals surface area contributed by atoms with Crippen LogP contribution in [0.3, 0.4) is 0 Å². The molecule has 1 saturated carbocycles. The third-order valence-electron chi connectivity index (χ3n) is 4.27. The number of carbonyl (C=O) groups is 1. The van der Waals surface area contributed by atoms with Crippen LogP contribution < -0.4 is 4.90 Å². The van der Waals surface area contributed by atoms with Gasteiger partial charge in [0.05, 0.1) is 0 Å². The fourth-order valence-corrected chi connectivity index (χ4v) is 2.90. The Labute approximate surface area is 110 Å². The standard InChI is InChI=1S/C16H23NO/c1-14-8-10-16(13-18,11-9-14)12-17(2)15-6-4-3-5-7-15/h3-7,13-14H,8-12H2,1-2H3. The van der Waals surface area contributed by atoms with E-state index in [9.17, 15) is 4.79 Å². The molecule has 0 heterocycles. The summed E-state index contributed by atoms with van der Waals surface area (Å²) in [5.41, 5.74) is 1.06. The summed E-state index contributed by atoms with van der Waals surface area (Å²) in [5.74, 6) is 0.778. The highest BCUT2D eigenvalue weighted by molar-refractivity contribution is 5.62. The lowest BCUT2D eigenvalue weighted by molar-refractivity contribution is -0.117. The SMILES string of the molecule is CC1CCC(C=O)(CN(C)c2ccccc2)CC1. The second kappa shape index (κ2) is 5.55. The van der Waals surface area contributed by atoms with Gasteiger partial charge < -0.3 is 9.69 Å². The normalized spacial score (nSPS) is 27.8. The minimum atomic E-state index is -0.128. The molecule has 0 unspecified atom stereocenters. The van der Waals surface area contributed by atoms with Crippen molar-refractivity contribution in [3.63, 3.8) is 0 Å². The van der Waals surface area contributed by atoms with Gasteiger partial charge in [0.15, 0.2) is 0 Å². The highest BCUT2D eigenvalue weighted by Gasteiger charge is 2.35. The van der Waals surface area contributed by atoms with Gasteiger partial charge in [-0.25, -0.2) is 0 Å². The molecular weight excluding hydrogens is 222 g/mol. The largest absolute Gasteiger partial charge is 0.374 e. The molecule has 0 aromatic heterocycles. The minimum absolute atomic E-state index is 0.128. The van der Waals surface area contributed by atoms with Gasteiger partial charge in [-0.15, -0.1) is 0 Å². The van der Waals surface area contributed by atoms with E-state index in [4.69, 9.17) is 0 Å². The Hall–Kier alpha value is -1.31. The van der Waals surface area contributed by atoms with Crippen molar-refractivity contribution in [1.29, 1.82) is 0 Å². The zero-order valence-electron chi connectivity index (χ0n) is 11.4. The molecule has 2 nitrogen and oxygen atoms in total. The van der Waals surface area contributed by atoms with Crippen molar-refractivity contribution >= 4 is 12.0 Å². The van der Waals surface area contributed by atoms with Gasteiger partial charge >= 0.3 is 0 Å². The van der Waals surface area contributed by atoms with Gasteiger partial charge in [0.2, 0.25) is 0 Å². The number of hydrogen-bond donors (Lipinski definition) is 0. The first-order chi connectivity index (χ1) is 8.65. The van der Waals surface area contributed by atoms with E-state index >= 15 is 0 Å². The molecular formula is C16H23NO. The molecule has 98 valence electrons. The summed E-state index contributed by atoms with van der Waals surface area (Å²) in [7, 11) is 2.08. The molecule has 1 fully saturated rings. The number of hydrogen-bond acceptors (Lipinski definition) is 2. The molecule has 0 radical (unpaired) electrons. The van der Waals surface area contributed by atoms with Crippen LogP contribution in [0.25, 0.3) is 0 Å². The van der Waals surface area contributed by atoms with Gasteiger partial charge in [0, 0.05) is 24.7 Å². The Bertz CT molecular complexity index is 379. The van der Waals surface area contributed by atoms with Gasteiger partial charge in [-0.2, -0.15) is 0 Å². The smallest absolute Gasteiger partial charge is 0.127 e. The highest BCUT2D eigenvalue weighted by Crippen LogP contribution is 2.38. The third kappa shape index (κ3) is 2.92. The molecule has 0 atom stereocenters. The van der Waals surface area contributed by atoms with Crippen molar-refractivity contribution < 1.29 is 4.79 Å². The van der Waals surface area contributed by atoms with Crippen LogP contribution in [-0.4, -0.2) is 19.9 Å². The zero-order valence-corrected chi connectivity index (χ0v) is 11.4. The first kappa shape index (κ1) is 13.1. The summed E-state index contributed by atoms with van der Waals surface area (Å²) >= 11 is 0. The second-order valence-corrected chi connectivity index (χ2v) is 5.85. The quantitative estimate of drug-likeness (QED) is 0.756. The lowest BCUT2D eigenvalue weighted by atomic mass is 9.71. The predicted molar refractivity (Wildman–Crippen MR) is 75.8 cm³/mol. The number of rotatable bonds is 4. The van der Waals surface area contributed by atoms with Crippen LogP contribution in [0.2, 0.25) is 0 Å². The Kier molecular flexibility index (Phi) is 4.05. The summed E-state index contributed by atoms with van der Waals surface area (Å²) in [5, 5.41) is 0. The maximum absolute atomic E-state index is 11.5. The fourth-order valence-electron chi connectivity index (χ4n) is 2.90. The monoisotopic (exact) mass is 245 g/mol. The third-order valence-corrected chi connectivity index (χ3v) is 4.27. The van der Waals surface area contributed by atoms with E-state index in [-0.39, 0.29) is 5.41 Å². The molecule has 1 aromatic carbocycles.